The van der Waals surface area contributed by atoms with Gasteiger partial charge in [0.2, 0.25) is 0 Å². The molecule has 0 aliphatic heterocycles. The number of halogens is 2. The SMILES string of the molecule is Nc1cc(Cl)ccc1NC(=O)c1ccncc1Cl. The Bertz CT molecular complexity index is 602. The topological polar surface area (TPSA) is 68.0 Å². The standard InChI is InChI=1S/C12H9Cl2N3O/c13-7-1-2-11(10(15)5-7)17-12(18)8-3-4-16-6-9(8)14/h1-6H,15H2,(H,17,18). The van der Waals surface area contributed by atoms with Crippen molar-refractivity contribution in [3.05, 3.63) is 52.3 Å². The number of benzene rings is 1. The number of anilines is 2. The minimum Gasteiger partial charge on any atom is -0.397 e. The summed E-state index contributed by atoms with van der Waals surface area (Å²) in [6.07, 6.45) is 2.90. The molecule has 3 N–H and O–H groups in total. The first kappa shape index (κ1) is 12.7. The van der Waals surface area contributed by atoms with Gasteiger partial charge in [0.05, 0.1) is 22.0 Å². The smallest absolute Gasteiger partial charge is 0.257 e. The highest BCUT2D eigenvalue weighted by molar-refractivity contribution is 6.34. The fourth-order valence-electron chi connectivity index (χ4n) is 1.40. The first-order valence-electron chi connectivity index (χ1n) is 5.04. The minimum absolute atomic E-state index is 0.280. The fourth-order valence-corrected chi connectivity index (χ4v) is 1.78. The Kier molecular flexibility index (Phi) is 3.69. The molecule has 0 radical (unpaired) electrons. The number of carbonyl (C=O) groups excluding carboxylic acids is 1. The van der Waals surface area contributed by atoms with E-state index in [1.807, 2.05) is 0 Å². The lowest BCUT2D eigenvalue weighted by atomic mass is 10.2. The zero-order chi connectivity index (χ0) is 13.1. The molecule has 1 aromatic carbocycles. The summed E-state index contributed by atoms with van der Waals surface area (Å²) in [6, 6.07) is 6.36. The number of nitrogens with zero attached hydrogens (tertiary/aromatic N) is 1. The summed E-state index contributed by atoms with van der Waals surface area (Å²) in [4.78, 5) is 15.8. The maximum Gasteiger partial charge on any atom is 0.257 e. The van der Waals surface area contributed by atoms with Crippen LogP contribution in [0.4, 0.5) is 11.4 Å². The average molecular weight is 282 g/mol. The molecule has 0 unspecified atom stereocenters. The third kappa shape index (κ3) is 2.72. The summed E-state index contributed by atoms with van der Waals surface area (Å²) >= 11 is 11.6. The Morgan fingerprint density at radius 3 is 2.72 bits per heavy atom. The monoisotopic (exact) mass is 281 g/mol. The van der Waals surface area contributed by atoms with E-state index in [9.17, 15) is 4.79 Å². The number of pyridine rings is 1. The Morgan fingerprint density at radius 2 is 2.06 bits per heavy atom. The van der Waals surface area contributed by atoms with Crippen LogP contribution in [-0.4, -0.2) is 10.9 Å². The molecule has 0 bridgehead atoms. The van der Waals surface area contributed by atoms with E-state index in [1.54, 1.807) is 18.2 Å². The van der Waals surface area contributed by atoms with Gasteiger partial charge in [0.25, 0.3) is 5.91 Å². The van der Waals surface area contributed by atoms with Crippen LogP contribution in [0.15, 0.2) is 36.7 Å². The largest absolute Gasteiger partial charge is 0.397 e. The van der Waals surface area contributed by atoms with E-state index in [-0.39, 0.29) is 10.9 Å². The lowest BCUT2D eigenvalue weighted by Crippen LogP contribution is -2.13. The van der Waals surface area contributed by atoms with Crippen LogP contribution < -0.4 is 11.1 Å². The number of carbonyl (C=O) groups is 1. The Balaban J connectivity index is 2.24. The Labute approximate surface area is 114 Å². The number of hydrogen-bond donors (Lipinski definition) is 2. The third-order valence-electron chi connectivity index (χ3n) is 2.28. The second-order valence-corrected chi connectivity index (χ2v) is 4.38. The van der Waals surface area contributed by atoms with E-state index in [0.29, 0.717) is 22.0 Å². The molecule has 4 nitrogen and oxygen atoms in total. The van der Waals surface area contributed by atoms with Crippen molar-refractivity contribution in [1.29, 1.82) is 0 Å². The van der Waals surface area contributed by atoms with Crippen molar-refractivity contribution in [1.82, 2.24) is 4.98 Å². The lowest BCUT2D eigenvalue weighted by molar-refractivity contribution is 0.102. The second-order valence-electron chi connectivity index (χ2n) is 3.54. The predicted molar refractivity (Wildman–Crippen MR) is 73.1 cm³/mol. The van der Waals surface area contributed by atoms with Gasteiger partial charge in [-0.15, -0.1) is 0 Å². The first-order chi connectivity index (χ1) is 8.58. The number of nitrogens with one attached hydrogen (secondary N) is 1. The van der Waals surface area contributed by atoms with Crippen molar-refractivity contribution < 1.29 is 4.79 Å². The molecule has 92 valence electrons. The molecule has 0 aliphatic carbocycles. The van der Waals surface area contributed by atoms with E-state index < -0.39 is 0 Å². The molecule has 2 rings (SSSR count). The summed E-state index contributed by atoms with van der Waals surface area (Å²) in [6.45, 7) is 0. The molecule has 1 heterocycles. The van der Waals surface area contributed by atoms with E-state index in [2.05, 4.69) is 10.3 Å². The number of nitrogens with two attached hydrogens (primary N) is 1. The van der Waals surface area contributed by atoms with Crippen molar-refractivity contribution >= 4 is 40.5 Å². The molecular formula is C12H9Cl2N3O. The van der Waals surface area contributed by atoms with Crippen LogP contribution in [0.2, 0.25) is 10.0 Å². The molecule has 0 saturated carbocycles. The number of rotatable bonds is 2. The van der Waals surface area contributed by atoms with Gasteiger partial charge < -0.3 is 11.1 Å². The number of amides is 1. The van der Waals surface area contributed by atoms with Crippen LogP contribution >= 0.6 is 23.2 Å². The molecule has 0 atom stereocenters. The van der Waals surface area contributed by atoms with Crippen molar-refractivity contribution in [2.75, 3.05) is 11.1 Å². The molecule has 0 fully saturated rings. The van der Waals surface area contributed by atoms with Crippen LogP contribution in [0, 0.1) is 0 Å². The highest BCUT2D eigenvalue weighted by Gasteiger charge is 2.11. The van der Waals surface area contributed by atoms with Gasteiger partial charge in [-0.25, -0.2) is 0 Å². The van der Waals surface area contributed by atoms with Gasteiger partial charge in [-0.1, -0.05) is 23.2 Å². The highest BCUT2D eigenvalue weighted by Crippen LogP contribution is 2.24. The zero-order valence-corrected chi connectivity index (χ0v) is 10.7. The van der Waals surface area contributed by atoms with Gasteiger partial charge >= 0.3 is 0 Å². The van der Waals surface area contributed by atoms with Crippen LogP contribution in [0.25, 0.3) is 0 Å². The second kappa shape index (κ2) is 5.25. The van der Waals surface area contributed by atoms with E-state index in [0.717, 1.165) is 0 Å². The zero-order valence-electron chi connectivity index (χ0n) is 9.15. The number of nitrogen functional groups attached to an aromatic ring is 1. The van der Waals surface area contributed by atoms with Crippen LogP contribution in [-0.2, 0) is 0 Å². The van der Waals surface area contributed by atoms with Crippen molar-refractivity contribution in [3.8, 4) is 0 Å². The molecule has 1 amide bonds. The summed E-state index contributed by atoms with van der Waals surface area (Å²) in [5.74, 6) is -0.351. The maximum absolute atomic E-state index is 12.0. The summed E-state index contributed by atoms with van der Waals surface area (Å²) in [5.41, 5.74) is 6.95. The normalized spacial score (nSPS) is 10.1. The van der Waals surface area contributed by atoms with Gasteiger partial charge in [-0.05, 0) is 24.3 Å². The highest BCUT2D eigenvalue weighted by atomic mass is 35.5. The Hall–Kier alpha value is -1.78. The molecule has 1 aromatic heterocycles. The van der Waals surface area contributed by atoms with E-state index >= 15 is 0 Å². The predicted octanol–water partition coefficient (Wildman–Crippen LogP) is 3.22. The van der Waals surface area contributed by atoms with Gasteiger partial charge in [-0.2, -0.15) is 0 Å². The van der Waals surface area contributed by atoms with Gasteiger partial charge in [0.1, 0.15) is 0 Å². The molecule has 0 saturated heterocycles. The van der Waals surface area contributed by atoms with Crippen molar-refractivity contribution in [2.45, 2.75) is 0 Å². The maximum atomic E-state index is 12.0. The minimum atomic E-state index is -0.351. The van der Waals surface area contributed by atoms with Crippen LogP contribution in [0.1, 0.15) is 10.4 Å². The van der Waals surface area contributed by atoms with Gasteiger partial charge in [0, 0.05) is 17.4 Å². The van der Waals surface area contributed by atoms with Gasteiger partial charge in [0.15, 0.2) is 0 Å². The van der Waals surface area contributed by atoms with E-state index in [1.165, 1.54) is 18.5 Å². The van der Waals surface area contributed by atoms with Gasteiger partial charge in [-0.3, -0.25) is 9.78 Å². The fraction of sp³-hybridized carbons (Fsp3) is 0. The first-order valence-corrected chi connectivity index (χ1v) is 5.79. The Morgan fingerprint density at radius 1 is 1.28 bits per heavy atom. The molecule has 2 aromatic rings. The average Bonchev–Trinajstić information content (AvgIpc) is 2.33. The summed E-state index contributed by atoms with van der Waals surface area (Å²) in [7, 11) is 0. The van der Waals surface area contributed by atoms with Crippen molar-refractivity contribution in [3.63, 3.8) is 0 Å². The molecule has 0 aliphatic rings. The van der Waals surface area contributed by atoms with Crippen molar-refractivity contribution in [2.24, 2.45) is 0 Å². The molecule has 0 spiro atoms. The molecule has 18 heavy (non-hydrogen) atoms. The summed E-state index contributed by atoms with van der Waals surface area (Å²) < 4.78 is 0. The summed E-state index contributed by atoms with van der Waals surface area (Å²) in [5, 5.41) is 3.45. The third-order valence-corrected chi connectivity index (χ3v) is 2.82. The lowest BCUT2D eigenvalue weighted by Gasteiger charge is -2.09. The van der Waals surface area contributed by atoms with E-state index in [4.69, 9.17) is 28.9 Å². The molecular weight excluding hydrogens is 273 g/mol. The molecule has 6 heteroatoms. The quantitative estimate of drug-likeness (QED) is 0.831. The number of hydrogen-bond acceptors (Lipinski definition) is 3. The number of aromatic nitrogens is 1. The van der Waals surface area contributed by atoms with Crippen LogP contribution in [0.5, 0.6) is 0 Å². The van der Waals surface area contributed by atoms with Crippen LogP contribution in [0.3, 0.4) is 0 Å².